The van der Waals surface area contributed by atoms with Crippen LogP contribution in [0, 0.1) is 6.57 Å². The van der Waals surface area contributed by atoms with E-state index in [4.69, 9.17) is 36.5 Å². The summed E-state index contributed by atoms with van der Waals surface area (Å²) in [6, 6.07) is 70.6. The topological polar surface area (TPSA) is 81.7 Å². The van der Waals surface area contributed by atoms with Crippen molar-refractivity contribution in [2.24, 2.45) is 0 Å². The Morgan fingerprint density at radius 3 is 1.05 bits per heavy atom. The van der Waals surface area contributed by atoms with Crippen molar-refractivity contribution < 1.29 is 0 Å². The number of hydrogen-bond donors (Lipinski definition) is 0. The molecule has 7 heteroatoms. The molecule has 0 amide bonds. The summed E-state index contributed by atoms with van der Waals surface area (Å²) in [5.41, 5.74) is 11.1. The lowest BCUT2D eigenvalue weighted by atomic mass is 9.87. The molecule has 0 saturated carbocycles. The van der Waals surface area contributed by atoms with Crippen LogP contribution in [0.4, 0.5) is 5.69 Å². The zero-order valence-electron chi connectivity index (χ0n) is 33.3. The lowest BCUT2D eigenvalue weighted by Crippen LogP contribution is -2.02. The molecule has 0 N–H and O–H groups in total. The Balaban J connectivity index is 1.26. The number of hydrogen-bond acceptors (Lipinski definition) is 6. The van der Waals surface area contributed by atoms with Crippen LogP contribution in [0.1, 0.15) is 0 Å². The zero-order chi connectivity index (χ0) is 41.7. The summed E-state index contributed by atoms with van der Waals surface area (Å²) in [7, 11) is 0. The van der Waals surface area contributed by atoms with Crippen LogP contribution < -0.4 is 0 Å². The van der Waals surface area contributed by atoms with Crippen molar-refractivity contribution in [2.45, 2.75) is 0 Å². The normalized spacial score (nSPS) is 10.9. The molecule has 290 valence electrons. The van der Waals surface area contributed by atoms with Gasteiger partial charge in [0.05, 0.1) is 6.57 Å². The quantitative estimate of drug-likeness (QED) is 0.135. The van der Waals surface area contributed by atoms with Gasteiger partial charge >= 0.3 is 0 Å². The van der Waals surface area contributed by atoms with E-state index in [0.29, 0.717) is 40.6 Å². The third-order valence-electron chi connectivity index (χ3n) is 10.6. The molecule has 2 aromatic heterocycles. The van der Waals surface area contributed by atoms with Gasteiger partial charge in [-0.3, -0.25) is 0 Å². The maximum Gasteiger partial charge on any atom is 0.194 e. The summed E-state index contributed by atoms with van der Waals surface area (Å²) in [5, 5.41) is 0. The van der Waals surface area contributed by atoms with E-state index < -0.39 is 0 Å². The van der Waals surface area contributed by atoms with Crippen LogP contribution in [0.2, 0.25) is 0 Å². The summed E-state index contributed by atoms with van der Waals surface area (Å²) in [6.45, 7) is 8.20. The van der Waals surface area contributed by atoms with Gasteiger partial charge in [0, 0.05) is 33.4 Å². The van der Waals surface area contributed by atoms with E-state index in [1.165, 1.54) is 0 Å². The molecule has 10 aromatic rings. The monoisotopic (exact) mass is 793 g/mol. The first-order valence-electron chi connectivity index (χ1n) is 20.2. The number of aromatic nitrogens is 6. The first-order chi connectivity index (χ1) is 30.7. The van der Waals surface area contributed by atoms with Crippen molar-refractivity contribution in [3.63, 3.8) is 0 Å². The minimum Gasteiger partial charge on any atom is -0.238 e. The molecule has 0 aliphatic carbocycles. The van der Waals surface area contributed by atoms with Crippen LogP contribution in [-0.2, 0) is 0 Å². The predicted octanol–water partition coefficient (Wildman–Crippen LogP) is 13.6. The van der Waals surface area contributed by atoms with Gasteiger partial charge in [-0.25, -0.2) is 34.7 Å². The molecule has 0 bridgehead atoms. The summed E-state index contributed by atoms with van der Waals surface area (Å²) in [6.07, 6.45) is 0. The molecule has 0 saturated heterocycles. The molecular formula is C55H35N7. The highest BCUT2D eigenvalue weighted by atomic mass is 15.0. The van der Waals surface area contributed by atoms with Gasteiger partial charge in [-0.1, -0.05) is 194 Å². The van der Waals surface area contributed by atoms with Crippen molar-refractivity contribution in [3.8, 4) is 102 Å². The number of rotatable bonds is 9. The second kappa shape index (κ2) is 16.9. The van der Waals surface area contributed by atoms with Crippen LogP contribution in [0.3, 0.4) is 0 Å². The van der Waals surface area contributed by atoms with E-state index in [0.717, 1.165) is 66.8 Å². The van der Waals surface area contributed by atoms with Crippen LogP contribution in [0.25, 0.3) is 107 Å². The van der Waals surface area contributed by atoms with Crippen LogP contribution in [0.5, 0.6) is 0 Å². The molecule has 2 heterocycles. The van der Waals surface area contributed by atoms with Gasteiger partial charge < -0.3 is 0 Å². The fraction of sp³-hybridized carbons (Fsp3) is 0. The van der Waals surface area contributed by atoms with Crippen molar-refractivity contribution in [1.82, 2.24) is 29.9 Å². The fourth-order valence-corrected chi connectivity index (χ4v) is 7.58. The minimum atomic E-state index is 0.514. The minimum absolute atomic E-state index is 0.514. The van der Waals surface area contributed by atoms with E-state index in [2.05, 4.69) is 47.3 Å². The van der Waals surface area contributed by atoms with Crippen molar-refractivity contribution >= 4 is 5.69 Å². The Kier molecular flexibility index (Phi) is 10.2. The smallest absolute Gasteiger partial charge is 0.194 e. The largest absolute Gasteiger partial charge is 0.238 e. The second-order valence-electron chi connectivity index (χ2n) is 14.6. The van der Waals surface area contributed by atoms with E-state index >= 15 is 0 Å². The van der Waals surface area contributed by atoms with Crippen LogP contribution in [0.15, 0.2) is 212 Å². The molecular weight excluding hydrogens is 759 g/mol. The van der Waals surface area contributed by atoms with Crippen LogP contribution >= 0.6 is 0 Å². The average molecular weight is 794 g/mol. The molecule has 7 nitrogen and oxygen atoms in total. The van der Waals surface area contributed by atoms with E-state index in [-0.39, 0.29) is 0 Å². The summed E-state index contributed by atoms with van der Waals surface area (Å²) < 4.78 is 0. The molecule has 8 aromatic carbocycles. The molecule has 0 radical (unpaired) electrons. The molecule has 0 fully saturated rings. The lowest BCUT2D eigenvalue weighted by Gasteiger charge is -2.18. The summed E-state index contributed by atoms with van der Waals surface area (Å²) in [4.78, 5) is 34.5. The van der Waals surface area contributed by atoms with Gasteiger partial charge in [0.1, 0.15) is 0 Å². The van der Waals surface area contributed by atoms with Crippen molar-refractivity contribution in [3.05, 3.63) is 224 Å². The third-order valence-corrected chi connectivity index (χ3v) is 10.6. The van der Waals surface area contributed by atoms with E-state index in [1.54, 1.807) is 0 Å². The maximum absolute atomic E-state index is 8.20. The second-order valence-corrected chi connectivity index (χ2v) is 14.6. The molecule has 0 aliphatic rings. The van der Waals surface area contributed by atoms with Gasteiger partial charge in [-0.05, 0) is 51.6 Å². The predicted molar refractivity (Wildman–Crippen MR) is 248 cm³/mol. The summed E-state index contributed by atoms with van der Waals surface area (Å²) in [5.74, 6) is 3.29. The molecule has 0 unspecified atom stereocenters. The fourth-order valence-electron chi connectivity index (χ4n) is 7.58. The van der Waals surface area contributed by atoms with Gasteiger partial charge in [-0.15, -0.1) is 0 Å². The van der Waals surface area contributed by atoms with E-state index in [1.807, 2.05) is 170 Å². The molecule has 0 spiro atoms. The Hall–Kier alpha value is -8.73. The van der Waals surface area contributed by atoms with Crippen molar-refractivity contribution in [2.75, 3.05) is 0 Å². The Morgan fingerprint density at radius 2 is 0.581 bits per heavy atom. The molecule has 10 rings (SSSR count). The van der Waals surface area contributed by atoms with Gasteiger partial charge in [-0.2, -0.15) is 0 Å². The zero-order valence-corrected chi connectivity index (χ0v) is 33.3. The van der Waals surface area contributed by atoms with Gasteiger partial charge in [0.2, 0.25) is 0 Å². The standard InChI is InChI=1S/C55H35N7/c1-56-49-30-18-17-29-45(49)44-33-32-43(54-59-50(38-21-9-3-10-22-38)57-51(60-54)39-23-11-4-12-24-39)36-47(44)48-35-42(37-19-7-2-8-20-37)31-34-46(48)55-61-52(40-25-13-5-14-26-40)58-53(62-55)41-27-15-6-16-28-41/h2-36H. The molecule has 0 aliphatic heterocycles. The Bertz CT molecular complexity index is 3110. The van der Waals surface area contributed by atoms with Gasteiger partial charge in [0.25, 0.3) is 0 Å². The highest BCUT2D eigenvalue weighted by Gasteiger charge is 2.22. The van der Waals surface area contributed by atoms with Crippen LogP contribution in [-0.4, -0.2) is 29.9 Å². The number of nitrogens with zero attached hydrogens (tertiary/aromatic N) is 7. The van der Waals surface area contributed by atoms with Crippen molar-refractivity contribution in [1.29, 1.82) is 0 Å². The SMILES string of the molecule is [C-]#[N+]c1ccccc1-c1ccc(-c2nc(-c3ccccc3)nc(-c3ccccc3)n2)cc1-c1cc(-c2ccccc2)ccc1-c1nc(-c2ccccc2)nc(-c2ccccc2)n1. The maximum atomic E-state index is 8.20. The van der Waals surface area contributed by atoms with E-state index in [9.17, 15) is 0 Å². The Labute approximate surface area is 359 Å². The number of benzene rings is 8. The molecule has 0 atom stereocenters. The average Bonchev–Trinajstić information content (AvgIpc) is 3.37. The third kappa shape index (κ3) is 7.63. The molecule has 62 heavy (non-hydrogen) atoms. The van der Waals surface area contributed by atoms with Gasteiger partial charge in [0.15, 0.2) is 40.6 Å². The Morgan fingerprint density at radius 1 is 0.242 bits per heavy atom. The first-order valence-corrected chi connectivity index (χ1v) is 20.2. The lowest BCUT2D eigenvalue weighted by molar-refractivity contribution is 1.07. The number of para-hydroxylation sites is 1. The highest BCUT2D eigenvalue weighted by molar-refractivity contribution is 5.97. The first kappa shape index (κ1) is 37.5. The summed E-state index contributed by atoms with van der Waals surface area (Å²) >= 11 is 0. The highest BCUT2D eigenvalue weighted by Crippen LogP contribution is 2.44.